The molecule has 0 aromatic heterocycles. The first-order valence-electron chi connectivity index (χ1n) is 11.7. The Hall–Kier alpha value is -2.44. The third-order valence-electron chi connectivity index (χ3n) is 5.96. The quantitative estimate of drug-likeness (QED) is 0.467. The van der Waals surface area contributed by atoms with Crippen molar-refractivity contribution < 1.29 is 19.1 Å². The molecule has 34 heavy (non-hydrogen) atoms. The lowest BCUT2D eigenvalue weighted by molar-refractivity contribution is -0.141. The van der Waals surface area contributed by atoms with Gasteiger partial charge in [-0.1, -0.05) is 49.2 Å². The second kappa shape index (κ2) is 12.3. The first kappa shape index (κ1) is 26.2. The van der Waals surface area contributed by atoms with E-state index in [2.05, 4.69) is 5.32 Å². The SMILES string of the molecule is CC[C@H](C)NC(=O)[C@H](CC)N(Cc1ccc(Cl)c(Cl)c1)C(=O)CCc1ccc2c(c1)OCCO2. The Morgan fingerprint density at radius 2 is 1.68 bits per heavy atom. The van der Waals surface area contributed by atoms with Crippen LogP contribution in [0.15, 0.2) is 36.4 Å². The Morgan fingerprint density at radius 3 is 2.35 bits per heavy atom. The van der Waals surface area contributed by atoms with E-state index in [1.807, 2.05) is 45.0 Å². The van der Waals surface area contributed by atoms with Crippen LogP contribution in [-0.4, -0.2) is 42.0 Å². The first-order valence-corrected chi connectivity index (χ1v) is 12.5. The number of carbonyl (C=O) groups is 2. The molecule has 0 radical (unpaired) electrons. The van der Waals surface area contributed by atoms with E-state index >= 15 is 0 Å². The number of amides is 2. The van der Waals surface area contributed by atoms with Gasteiger partial charge in [0.1, 0.15) is 19.3 Å². The molecule has 1 aliphatic heterocycles. The zero-order chi connectivity index (χ0) is 24.7. The minimum atomic E-state index is -0.587. The summed E-state index contributed by atoms with van der Waals surface area (Å²) in [5, 5.41) is 3.88. The molecule has 0 spiro atoms. The number of nitrogens with zero attached hydrogens (tertiary/aromatic N) is 1. The van der Waals surface area contributed by atoms with Crippen LogP contribution in [0.4, 0.5) is 0 Å². The summed E-state index contributed by atoms with van der Waals surface area (Å²) in [4.78, 5) is 28.2. The van der Waals surface area contributed by atoms with Gasteiger partial charge in [-0.15, -0.1) is 0 Å². The van der Waals surface area contributed by atoms with Crippen LogP contribution in [0.5, 0.6) is 11.5 Å². The molecule has 8 heteroatoms. The van der Waals surface area contributed by atoms with E-state index in [9.17, 15) is 9.59 Å². The molecule has 0 unspecified atom stereocenters. The number of nitrogens with one attached hydrogen (secondary N) is 1. The Bertz CT molecular complexity index is 1010. The fourth-order valence-electron chi connectivity index (χ4n) is 3.83. The van der Waals surface area contributed by atoms with Gasteiger partial charge in [0.2, 0.25) is 11.8 Å². The highest BCUT2D eigenvalue weighted by Gasteiger charge is 2.29. The smallest absolute Gasteiger partial charge is 0.243 e. The standard InChI is InChI=1S/C26H32Cl2N2O4/c1-4-17(3)29-26(32)22(5-2)30(16-19-6-9-20(27)21(28)14-19)25(31)11-8-18-7-10-23-24(15-18)34-13-12-33-23/h6-7,9-10,14-15,17,22H,4-5,8,11-13,16H2,1-3H3,(H,29,32)/t17-,22-/m0/s1. The molecule has 1 aliphatic rings. The fourth-order valence-corrected chi connectivity index (χ4v) is 4.15. The van der Waals surface area contributed by atoms with Crippen LogP contribution in [0.2, 0.25) is 10.0 Å². The van der Waals surface area contributed by atoms with Crippen molar-refractivity contribution in [2.24, 2.45) is 0 Å². The minimum Gasteiger partial charge on any atom is -0.486 e. The summed E-state index contributed by atoms with van der Waals surface area (Å²) in [5.41, 5.74) is 1.79. The number of benzene rings is 2. The molecule has 0 fully saturated rings. The van der Waals surface area contributed by atoms with Crippen molar-refractivity contribution in [1.82, 2.24) is 10.2 Å². The Kier molecular flexibility index (Phi) is 9.48. The van der Waals surface area contributed by atoms with Crippen molar-refractivity contribution in [1.29, 1.82) is 0 Å². The van der Waals surface area contributed by atoms with E-state index in [1.54, 1.807) is 17.0 Å². The maximum absolute atomic E-state index is 13.5. The Balaban J connectivity index is 1.78. The molecule has 1 heterocycles. The molecule has 1 N–H and O–H groups in total. The average molecular weight is 507 g/mol. The third-order valence-corrected chi connectivity index (χ3v) is 6.70. The molecular formula is C26H32Cl2N2O4. The van der Waals surface area contributed by atoms with Crippen LogP contribution in [0.25, 0.3) is 0 Å². The zero-order valence-electron chi connectivity index (χ0n) is 19.9. The number of rotatable bonds is 10. The van der Waals surface area contributed by atoms with E-state index in [1.165, 1.54) is 0 Å². The average Bonchev–Trinajstić information content (AvgIpc) is 2.84. The highest BCUT2D eigenvalue weighted by atomic mass is 35.5. The molecule has 2 amide bonds. The largest absolute Gasteiger partial charge is 0.486 e. The molecular weight excluding hydrogens is 475 g/mol. The lowest BCUT2D eigenvalue weighted by Crippen LogP contribution is -2.50. The van der Waals surface area contributed by atoms with Crippen molar-refractivity contribution in [3.05, 3.63) is 57.6 Å². The van der Waals surface area contributed by atoms with Gasteiger partial charge in [0.15, 0.2) is 11.5 Å². The maximum Gasteiger partial charge on any atom is 0.243 e. The first-order chi connectivity index (χ1) is 16.3. The van der Waals surface area contributed by atoms with Crippen LogP contribution in [0.3, 0.4) is 0 Å². The second-order valence-electron chi connectivity index (χ2n) is 8.49. The number of carbonyl (C=O) groups excluding carboxylic acids is 2. The zero-order valence-corrected chi connectivity index (χ0v) is 21.4. The van der Waals surface area contributed by atoms with E-state index < -0.39 is 6.04 Å². The van der Waals surface area contributed by atoms with Gasteiger partial charge in [-0.3, -0.25) is 9.59 Å². The van der Waals surface area contributed by atoms with Gasteiger partial charge in [-0.2, -0.15) is 0 Å². The summed E-state index contributed by atoms with van der Waals surface area (Å²) in [7, 11) is 0. The molecule has 3 rings (SSSR count). The summed E-state index contributed by atoms with van der Waals surface area (Å²) >= 11 is 12.3. The van der Waals surface area contributed by atoms with Crippen LogP contribution in [0, 0.1) is 0 Å². The fraction of sp³-hybridized carbons (Fsp3) is 0.462. The van der Waals surface area contributed by atoms with Crippen molar-refractivity contribution in [3.63, 3.8) is 0 Å². The van der Waals surface area contributed by atoms with Gasteiger partial charge in [-0.05, 0) is 61.6 Å². The summed E-state index contributed by atoms with van der Waals surface area (Å²) in [5.74, 6) is 1.16. The number of ether oxygens (including phenoxy) is 2. The normalized spacial score (nSPS) is 14.3. The lowest BCUT2D eigenvalue weighted by Gasteiger charge is -2.31. The van der Waals surface area contributed by atoms with Gasteiger partial charge in [-0.25, -0.2) is 0 Å². The lowest BCUT2D eigenvalue weighted by atomic mass is 10.0. The molecule has 2 aromatic carbocycles. The number of hydrogen-bond donors (Lipinski definition) is 1. The monoisotopic (exact) mass is 506 g/mol. The van der Waals surface area contributed by atoms with Crippen LogP contribution < -0.4 is 14.8 Å². The molecule has 6 nitrogen and oxygen atoms in total. The summed E-state index contributed by atoms with van der Waals surface area (Å²) in [6.45, 7) is 7.19. The minimum absolute atomic E-state index is 0.0289. The Morgan fingerprint density at radius 1 is 0.971 bits per heavy atom. The highest BCUT2D eigenvalue weighted by Crippen LogP contribution is 2.31. The van der Waals surface area contributed by atoms with Crippen LogP contribution in [0.1, 0.15) is 51.2 Å². The van der Waals surface area contributed by atoms with E-state index in [0.717, 1.165) is 23.3 Å². The van der Waals surface area contributed by atoms with Gasteiger partial charge in [0.25, 0.3) is 0 Å². The molecule has 2 aromatic rings. The number of hydrogen-bond acceptors (Lipinski definition) is 4. The van der Waals surface area contributed by atoms with Gasteiger partial charge in [0.05, 0.1) is 10.0 Å². The second-order valence-corrected chi connectivity index (χ2v) is 9.30. The molecule has 0 bridgehead atoms. The Labute approximate surface area is 211 Å². The summed E-state index contributed by atoms with van der Waals surface area (Å²) in [6, 6.07) is 10.4. The van der Waals surface area contributed by atoms with Crippen molar-refractivity contribution in [2.45, 2.75) is 65.1 Å². The third kappa shape index (κ3) is 6.80. The highest BCUT2D eigenvalue weighted by molar-refractivity contribution is 6.42. The van der Waals surface area contributed by atoms with Crippen molar-refractivity contribution >= 4 is 35.0 Å². The van der Waals surface area contributed by atoms with E-state index in [-0.39, 0.29) is 30.8 Å². The molecule has 0 saturated carbocycles. The predicted molar refractivity (Wildman–Crippen MR) is 135 cm³/mol. The number of aryl methyl sites for hydroxylation is 1. The van der Waals surface area contributed by atoms with Gasteiger partial charge >= 0.3 is 0 Å². The molecule has 0 saturated heterocycles. The summed E-state index contributed by atoms with van der Waals surface area (Å²) < 4.78 is 11.2. The van der Waals surface area contributed by atoms with Crippen molar-refractivity contribution in [2.75, 3.05) is 13.2 Å². The topological polar surface area (TPSA) is 67.9 Å². The van der Waals surface area contributed by atoms with Crippen molar-refractivity contribution in [3.8, 4) is 11.5 Å². The summed E-state index contributed by atoms with van der Waals surface area (Å²) in [6.07, 6.45) is 2.09. The van der Waals surface area contributed by atoms with E-state index in [0.29, 0.717) is 41.9 Å². The predicted octanol–water partition coefficient (Wildman–Crippen LogP) is 5.42. The van der Waals surface area contributed by atoms with Gasteiger partial charge < -0.3 is 19.7 Å². The maximum atomic E-state index is 13.5. The van der Waals surface area contributed by atoms with E-state index in [4.69, 9.17) is 32.7 Å². The molecule has 0 aliphatic carbocycles. The number of fused-ring (bicyclic) bond motifs is 1. The molecule has 2 atom stereocenters. The van der Waals surface area contributed by atoms with Gasteiger partial charge in [0, 0.05) is 19.0 Å². The van der Waals surface area contributed by atoms with Crippen LogP contribution >= 0.6 is 23.2 Å². The van der Waals surface area contributed by atoms with Crippen LogP contribution in [-0.2, 0) is 22.6 Å². The molecule has 184 valence electrons. The number of halogens is 2.